The molecule has 0 aromatic heterocycles. The predicted molar refractivity (Wildman–Crippen MR) is 69.8 cm³/mol. The first-order valence-corrected chi connectivity index (χ1v) is 7.30. The van der Waals surface area contributed by atoms with E-state index in [1.54, 1.807) is 6.07 Å². The summed E-state index contributed by atoms with van der Waals surface area (Å²) in [6.07, 6.45) is 2.12. The lowest BCUT2D eigenvalue weighted by Crippen LogP contribution is -2.17. The van der Waals surface area contributed by atoms with Crippen LogP contribution < -0.4 is 15.6 Å². The Morgan fingerprint density at radius 2 is 2.11 bits per heavy atom. The summed E-state index contributed by atoms with van der Waals surface area (Å²) in [5.74, 6) is 0.203. The van der Waals surface area contributed by atoms with E-state index in [0.29, 0.717) is 6.61 Å². The van der Waals surface area contributed by atoms with Gasteiger partial charge in [0, 0.05) is 5.41 Å². The minimum Gasteiger partial charge on any atom is -0.492 e. The summed E-state index contributed by atoms with van der Waals surface area (Å²) >= 11 is 0. The number of sulfonamides is 1. The summed E-state index contributed by atoms with van der Waals surface area (Å²) < 4.78 is 28.5. The van der Waals surface area contributed by atoms with Crippen molar-refractivity contribution in [1.29, 1.82) is 5.26 Å². The van der Waals surface area contributed by atoms with E-state index in [1.807, 2.05) is 0 Å². The van der Waals surface area contributed by atoms with Gasteiger partial charge in [0.1, 0.15) is 22.3 Å². The van der Waals surface area contributed by atoms with Gasteiger partial charge in [-0.3, -0.25) is 0 Å². The number of rotatable bonds is 4. The number of hydrogen-bond donors (Lipinski definition) is 2. The number of benzene rings is 1. The first kappa shape index (κ1) is 13.6. The van der Waals surface area contributed by atoms with Crippen molar-refractivity contribution in [3.05, 3.63) is 17.7 Å². The summed E-state index contributed by atoms with van der Waals surface area (Å²) in [7, 11) is -4.06. The van der Waals surface area contributed by atoms with Gasteiger partial charge in [-0.15, -0.1) is 0 Å². The summed E-state index contributed by atoms with van der Waals surface area (Å²) in [6, 6.07) is 4.68. The van der Waals surface area contributed by atoms with Crippen LogP contribution in [-0.4, -0.2) is 15.0 Å². The van der Waals surface area contributed by atoms with Gasteiger partial charge in [-0.2, -0.15) is 5.26 Å². The lowest BCUT2D eigenvalue weighted by atomic mass is 10.1. The zero-order valence-electron chi connectivity index (χ0n) is 10.5. The van der Waals surface area contributed by atoms with E-state index in [1.165, 1.54) is 12.1 Å². The van der Waals surface area contributed by atoms with Gasteiger partial charge in [-0.25, -0.2) is 13.6 Å². The third-order valence-corrected chi connectivity index (χ3v) is 4.23. The van der Waals surface area contributed by atoms with Crippen molar-refractivity contribution >= 4 is 15.7 Å². The van der Waals surface area contributed by atoms with Crippen LogP contribution in [0.5, 0.6) is 5.75 Å². The molecule has 0 saturated heterocycles. The largest absolute Gasteiger partial charge is 0.492 e. The van der Waals surface area contributed by atoms with Crippen LogP contribution in [-0.2, 0) is 10.0 Å². The Hall–Kier alpha value is -1.78. The molecule has 2 rings (SSSR count). The number of nitrogen functional groups attached to an aromatic ring is 1. The second kappa shape index (κ2) is 4.40. The minimum atomic E-state index is -4.06. The third-order valence-electron chi connectivity index (χ3n) is 3.23. The number of nitrogens with two attached hydrogens (primary N) is 2. The molecule has 1 aromatic carbocycles. The molecule has 1 aromatic rings. The number of hydrogen-bond acceptors (Lipinski definition) is 5. The Labute approximate surface area is 112 Å². The van der Waals surface area contributed by atoms with E-state index in [4.69, 9.17) is 20.9 Å². The zero-order valence-corrected chi connectivity index (χ0v) is 11.3. The number of anilines is 1. The highest BCUT2D eigenvalue weighted by atomic mass is 32.2. The van der Waals surface area contributed by atoms with Crippen LogP contribution in [0.1, 0.15) is 25.3 Å². The van der Waals surface area contributed by atoms with Crippen LogP contribution >= 0.6 is 0 Å². The Morgan fingerprint density at radius 3 is 2.58 bits per heavy atom. The van der Waals surface area contributed by atoms with Crippen LogP contribution in [0.15, 0.2) is 17.0 Å². The molecule has 0 bridgehead atoms. The number of nitrogens with zero attached hydrogens (tertiary/aromatic N) is 1. The highest BCUT2D eigenvalue weighted by molar-refractivity contribution is 7.89. The normalized spacial score (nSPS) is 16.7. The quantitative estimate of drug-likeness (QED) is 0.797. The average molecular weight is 281 g/mol. The molecule has 1 saturated carbocycles. The van der Waals surface area contributed by atoms with Crippen LogP contribution in [0.4, 0.5) is 5.69 Å². The lowest BCUT2D eigenvalue weighted by Gasteiger charge is -2.14. The van der Waals surface area contributed by atoms with Crippen molar-refractivity contribution < 1.29 is 13.2 Å². The van der Waals surface area contributed by atoms with Crippen molar-refractivity contribution in [1.82, 2.24) is 0 Å². The van der Waals surface area contributed by atoms with Gasteiger partial charge in [0.05, 0.1) is 12.3 Å². The lowest BCUT2D eigenvalue weighted by molar-refractivity contribution is 0.246. The minimum absolute atomic E-state index is 0.0518. The zero-order chi connectivity index (χ0) is 14.3. The van der Waals surface area contributed by atoms with Crippen LogP contribution in [0.2, 0.25) is 0 Å². The van der Waals surface area contributed by atoms with Crippen molar-refractivity contribution in [2.75, 3.05) is 12.3 Å². The molecule has 0 atom stereocenters. The molecule has 102 valence electrons. The van der Waals surface area contributed by atoms with Gasteiger partial charge in [0.2, 0.25) is 10.0 Å². The van der Waals surface area contributed by atoms with Crippen molar-refractivity contribution in [3.8, 4) is 11.8 Å². The summed E-state index contributed by atoms with van der Waals surface area (Å²) in [5, 5.41) is 14.2. The fraction of sp³-hybridized carbons (Fsp3) is 0.417. The summed E-state index contributed by atoms with van der Waals surface area (Å²) in [4.78, 5) is -0.367. The molecule has 1 aliphatic rings. The molecule has 0 amide bonds. The molecule has 7 heteroatoms. The molecular weight excluding hydrogens is 266 g/mol. The molecular formula is C12H15N3O3S. The Morgan fingerprint density at radius 1 is 1.47 bits per heavy atom. The summed E-state index contributed by atoms with van der Waals surface area (Å²) in [5.41, 5.74) is 5.52. The number of primary sulfonamides is 1. The van der Waals surface area contributed by atoms with Crippen LogP contribution in [0.3, 0.4) is 0 Å². The summed E-state index contributed by atoms with van der Waals surface area (Å²) in [6.45, 7) is 2.51. The van der Waals surface area contributed by atoms with E-state index < -0.39 is 10.0 Å². The number of ether oxygens (including phenoxy) is 1. The van der Waals surface area contributed by atoms with E-state index >= 15 is 0 Å². The van der Waals surface area contributed by atoms with Crippen LogP contribution in [0.25, 0.3) is 0 Å². The second-order valence-corrected chi connectivity index (χ2v) is 6.61. The molecule has 6 nitrogen and oxygen atoms in total. The Kier molecular flexibility index (Phi) is 3.16. The molecule has 1 fully saturated rings. The van der Waals surface area contributed by atoms with Gasteiger partial charge in [0.15, 0.2) is 0 Å². The first-order valence-electron chi connectivity index (χ1n) is 5.75. The molecule has 0 spiro atoms. The Balaban J connectivity index is 2.42. The SMILES string of the molecule is CC1(COc2ccc(N)c(S(N)(=O)=O)c2C#N)CC1. The highest BCUT2D eigenvalue weighted by Crippen LogP contribution is 2.45. The third kappa shape index (κ3) is 2.80. The standard InChI is InChI=1S/C12H15N3O3S/c1-12(4-5-12)7-18-10-3-2-9(14)11(8(10)6-13)19(15,16)17/h2-3H,4-5,7,14H2,1H3,(H2,15,16,17). The number of nitriles is 1. The van der Waals surface area contributed by atoms with Gasteiger partial charge < -0.3 is 10.5 Å². The van der Waals surface area contributed by atoms with Gasteiger partial charge >= 0.3 is 0 Å². The molecule has 0 unspecified atom stereocenters. The van der Waals surface area contributed by atoms with E-state index in [0.717, 1.165) is 12.8 Å². The molecule has 0 heterocycles. The van der Waals surface area contributed by atoms with E-state index in [-0.39, 0.29) is 27.3 Å². The maximum atomic E-state index is 11.5. The molecule has 0 aliphatic heterocycles. The maximum Gasteiger partial charge on any atom is 0.241 e. The van der Waals surface area contributed by atoms with Gasteiger partial charge in [-0.05, 0) is 25.0 Å². The van der Waals surface area contributed by atoms with Gasteiger partial charge in [-0.1, -0.05) is 6.92 Å². The first-order chi connectivity index (χ1) is 8.77. The smallest absolute Gasteiger partial charge is 0.241 e. The molecule has 1 aliphatic carbocycles. The van der Waals surface area contributed by atoms with Crippen molar-refractivity contribution in [2.45, 2.75) is 24.7 Å². The highest BCUT2D eigenvalue weighted by Gasteiger charge is 2.38. The fourth-order valence-corrected chi connectivity index (χ4v) is 2.55. The monoisotopic (exact) mass is 281 g/mol. The predicted octanol–water partition coefficient (Wildman–Crippen LogP) is 0.967. The molecule has 19 heavy (non-hydrogen) atoms. The second-order valence-electron chi connectivity index (χ2n) is 5.11. The molecule has 0 radical (unpaired) electrons. The van der Waals surface area contributed by atoms with Crippen LogP contribution in [0, 0.1) is 16.7 Å². The van der Waals surface area contributed by atoms with Crippen molar-refractivity contribution in [3.63, 3.8) is 0 Å². The van der Waals surface area contributed by atoms with E-state index in [2.05, 4.69) is 6.92 Å². The average Bonchev–Trinajstić information content (AvgIpc) is 3.04. The van der Waals surface area contributed by atoms with Gasteiger partial charge in [0.25, 0.3) is 0 Å². The molecule has 4 N–H and O–H groups in total. The van der Waals surface area contributed by atoms with E-state index in [9.17, 15) is 8.42 Å². The Bertz CT molecular complexity index is 658. The fourth-order valence-electron chi connectivity index (χ4n) is 1.72. The maximum absolute atomic E-state index is 11.5. The van der Waals surface area contributed by atoms with Crippen molar-refractivity contribution in [2.24, 2.45) is 10.6 Å². The topological polar surface area (TPSA) is 119 Å².